The first-order chi connectivity index (χ1) is 11.1. The molecule has 1 heterocycles. The molecule has 0 atom stereocenters. The third kappa shape index (κ3) is 2.96. The van der Waals surface area contributed by atoms with Gasteiger partial charge in [0.1, 0.15) is 11.4 Å². The lowest BCUT2D eigenvalue weighted by molar-refractivity contribution is -0.113. The molecule has 0 spiro atoms. The number of para-hydroxylation sites is 1. The van der Waals surface area contributed by atoms with Gasteiger partial charge in [0.15, 0.2) is 5.11 Å². The summed E-state index contributed by atoms with van der Waals surface area (Å²) in [5, 5.41) is 12.9. The molecule has 0 bridgehead atoms. The zero-order valence-electron chi connectivity index (χ0n) is 12.6. The number of carbonyl (C=O) groups excluding carboxylic acids is 1. The van der Waals surface area contributed by atoms with Crippen LogP contribution in [0.3, 0.4) is 0 Å². The fourth-order valence-electron chi connectivity index (χ4n) is 2.56. The van der Waals surface area contributed by atoms with Crippen LogP contribution in [0.2, 0.25) is 0 Å². The number of nitrogens with one attached hydrogen (secondary N) is 1. The van der Waals surface area contributed by atoms with Crippen LogP contribution in [0.4, 0.5) is 5.69 Å². The van der Waals surface area contributed by atoms with E-state index in [0.29, 0.717) is 10.8 Å². The van der Waals surface area contributed by atoms with Crippen LogP contribution in [-0.2, 0) is 11.2 Å². The summed E-state index contributed by atoms with van der Waals surface area (Å²) in [5.74, 6) is -0.0419. The molecule has 1 aliphatic heterocycles. The number of benzene rings is 2. The van der Waals surface area contributed by atoms with E-state index in [1.807, 2.05) is 37.3 Å². The smallest absolute Gasteiger partial charge is 0.281 e. The Kier molecular flexibility index (Phi) is 4.12. The van der Waals surface area contributed by atoms with E-state index < -0.39 is 0 Å². The Hall–Kier alpha value is -2.66. The minimum atomic E-state index is -0.195. The summed E-state index contributed by atoms with van der Waals surface area (Å²) in [6.45, 7) is 2.04. The number of anilines is 1. The van der Waals surface area contributed by atoms with Crippen molar-refractivity contribution in [1.82, 2.24) is 5.32 Å². The van der Waals surface area contributed by atoms with Gasteiger partial charge in [-0.15, -0.1) is 0 Å². The molecule has 3 rings (SSSR count). The molecular weight excluding hydrogens is 308 g/mol. The molecule has 0 radical (unpaired) electrons. The van der Waals surface area contributed by atoms with Crippen LogP contribution >= 0.6 is 12.2 Å². The van der Waals surface area contributed by atoms with Gasteiger partial charge >= 0.3 is 0 Å². The van der Waals surface area contributed by atoms with E-state index in [-0.39, 0.29) is 11.7 Å². The van der Waals surface area contributed by atoms with Crippen LogP contribution in [0.5, 0.6) is 5.75 Å². The first-order valence-corrected chi connectivity index (χ1v) is 7.75. The summed E-state index contributed by atoms with van der Waals surface area (Å²) >= 11 is 5.33. The van der Waals surface area contributed by atoms with E-state index in [2.05, 4.69) is 5.32 Å². The van der Waals surface area contributed by atoms with Crippen LogP contribution in [0, 0.1) is 0 Å². The normalized spacial score (nSPS) is 16.0. The topological polar surface area (TPSA) is 52.6 Å². The van der Waals surface area contributed by atoms with Crippen molar-refractivity contribution in [3.8, 4) is 5.75 Å². The molecule has 116 valence electrons. The minimum Gasteiger partial charge on any atom is -0.508 e. The predicted octanol–water partition coefficient (Wildman–Crippen LogP) is 3.22. The quantitative estimate of drug-likeness (QED) is 0.672. The highest BCUT2D eigenvalue weighted by molar-refractivity contribution is 7.80. The van der Waals surface area contributed by atoms with Crippen molar-refractivity contribution < 1.29 is 9.90 Å². The van der Waals surface area contributed by atoms with Gasteiger partial charge in [0, 0.05) is 0 Å². The summed E-state index contributed by atoms with van der Waals surface area (Å²) in [6.07, 6.45) is 2.50. The van der Waals surface area contributed by atoms with Crippen LogP contribution < -0.4 is 10.2 Å². The maximum absolute atomic E-state index is 12.7. The largest absolute Gasteiger partial charge is 0.508 e. The van der Waals surface area contributed by atoms with Crippen molar-refractivity contribution >= 4 is 35.0 Å². The van der Waals surface area contributed by atoms with E-state index in [0.717, 1.165) is 23.2 Å². The van der Waals surface area contributed by atoms with Gasteiger partial charge in [0.05, 0.1) is 5.69 Å². The number of aromatic hydroxyl groups is 1. The number of carbonyl (C=O) groups is 1. The lowest BCUT2D eigenvalue weighted by Gasteiger charge is -2.17. The van der Waals surface area contributed by atoms with E-state index in [1.54, 1.807) is 24.3 Å². The number of thiocarbonyl (C=S) groups is 1. The second kappa shape index (κ2) is 6.22. The van der Waals surface area contributed by atoms with Gasteiger partial charge in [0.25, 0.3) is 5.91 Å². The van der Waals surface area contributed by atoms with Crippen molar-refractivity contribution in [1.29, 1.82) is 0 Å². The molecule has 1 aliphatic rings. The van der Waals surface area contributed by atoms with Crippen molar-refractivity contribution in [2.45, 2.75) is 13.3 Å². The Morgan fingerprint density at radius 2 is 2.00 bits per heavy atom. The molecule has 2 aromatic carbocycles. The molecule has 0 aliphatic carbocycles. The Bertz CT molecular complexity index is 814. The Morgan fingerprint density at radius 3 is 2.74 bits per heavy atom. The summed E-state index contributed by atoms with van der Waals surface area (Å²) in [7, 11) is 0. The average molecular weight is 324 g/mol. The number of hydrogen-bond acceptors (Lipinski definition) is 3. The molecule has 23 heavy (non-hydrogen) atoms. The molecule has 2 N–H and O–H groups in total. The molecule has 5 heteroatoms. The van der Waals surface area contributed by atoms with Gasteiger partial charge in [0.2, 0.25) is 0 Å². The molecule has 0 unspecified atom stereocenters. The van der Waals surface area contributed by atoms with Gasteiger partial charge in [-0.25, -0.2) is 0 Å². The highest BCUT2D eigenvalue weighted by Gasteiger charge is 2.32. The first kappa shape index (κ1) is 15.2. The third-order valence-electron chi connectivity index (χ3n) is 3.67. The van der Waals surface area contributed by atoms with Gasteiger partial charge < -0.3 is 10.4 Å². The molecule has 4 nitrogen and oxygen atoms in total. The number of rotatable bonds is 3. The monoisotopic (exact) mass is 324 g/mol. The van der Waals surface area contributed by atoms with E-state index >= 15 is 0 Å². The fraction of sp³-hybridized carbons (Fsp3) is 0.111. The zero-order valence-corrected chi connectivity index (χ0v) is 13.4. The maximum atomic E-state index is 12.7. The lowest BCUT2D eigenvalue weighted by atomic mass is 10.1. The van der Waals surface area contributed by atoms with Gasteiger partial charge in [-0.05, 0) is 54.0 Å². The van der Waals surface area contributed by atoms with Gasteiger partial charge in [-0.2, -0.15) is 0 Å². The third-order valence-corrected chi connectivity index (χ3v) is 3.96. The number of amides is 1. The van der Waals surface area contributed by atoms with Crippen LogP contribution in [0.15, 0.2) is 54.2 Å². The standard InChI is InChI=1S/C18H16N2O2S/c1-2-13-7-3-4-9-16(13)20-17(22)15(19-18(20)23)11-12-6-5-8-14(21)10-12/h3-11,21H,2H2,1H3,(H,19,23). The summed E-state index contributed by atoms with van der Waals surface area (Å²) in [4.78, 5) is 14.2. The van der Waals surface area contributed by atoms with Crippen LogP contribution in [0.25, 0.3) is 6.08 Å². The second-order valence-electron chi connectivity index (χ2n) is 5.21. The molecule has 0 saturated carbocycles. The lowest BCUT2D eigenvalue weighted by Crippen LogP contribution is -2.31. The Balaban J connectivity index is 1.97. The number of aryl methyl sites for hydroxylation is 1. The fourth-order valence-corrected chi connectivity index (χ4v) is 2.85. The molecule has 1 amide bonds. The van der Waals surface area contributed by atoms with E-state index in [1.165, 1.54) is 4.90 Å². The molecular formula is C18H16N2O2S. The predicted molar refractivity (Wildman–Crippen MR) is 95.1 cm³/mol. The Morgan fingerprint density at radius 1 is 1.22 bits per heavy atom. The molecule has 1 fully saturated rings. The van der Waals surface area contributed by atoms with Crippen molar-refractivity contribution in [2.24, 2.45) is 0 Å². The Labute approximate surface area is 140 Å². The highest BCUT2D eigenvalue weighted by atomic mass is 32.1. The zero-order chi connectivity index (χ0) is 16.4. The molecule has 2 aromatic rings. The molecule has 0 aromatic heterocycles. The number of hydrogen-bond donors (Lipinski definition) is 2. The maximum Gasteiger partial charge on any atom is 0.281 e. The van der Waals surface area contributed by atoms with E-state index in [4.69, 9.17) is 12.2 Å². The minimum absolute atomic E-state index is 0.153. The average Bonchev–Trinajstić information content (AvgIpc) is 2.81. The number of nitrogens with zero attached hydrogens (tertiary/aromatic N) is 1. The van der Waals surface area contributed by atoms with Crippen molar-refractivity contribution in [3.05, 3.63) is 65.4 Å². The van der Waals surface area contributed by atoms with Crippen molar-refractivity contribution in [2.75, 3.05) is 4.90 Å². The summed E-state index contributed by atoms with van der Waals surface area (Å²) in [6, 6.07) is 14.4. The highest BCUT2D eigenvalue weighted by Crippen LogP contribution is 2.26. The van der Waals surface area contributed by atoms with Gasteiger partial charge in [-0.1, -0.05) is 37.3 Å². The van der Waals surface area contributed by atoms with Crippen molar-refractivity contribution in [3.63, 3.8) is 0 Å². The molecule has 1 saturated heterocycles. The second-order valence-corrected chi connectivity index (χ2v) is 5.59. The summed E-state index contributed by atoms with van der Waals surface area (Å²) in [5.41, 5.74) is 2.99. The SMILES string of the molecule is CCc1ccccc1N1C(=O)C(=Cc2cccc(O)c2)NC1=S. The first-order valence-electron chi connectivity index (χ1n) is 7.34. The summed E-state index contributed by atoms with van der Waals surface area (Å²) < 4.78 is 0. The van der Waals surface area contributed by atoms with Crippen LogP contribution in [-0.4, -0.2) is 16.1 Å². The number of phenols is 1. The number of phenolic OH excluding ortho intramolecular Hbond substituents is 1. The van der Waals surface area contributed by atoms with E-state index in [9.17, 15) is 9.90 Å². The van der Waals surface area contributed by atoms with Gasteiger partial charge in [-0.3, -0.25) is 9.69 Å². The van der Waals surface area contributed by atoms with Crippen LogP contribution in [0.1, 0.15) is 18.1 Å².